The molecule has 0 aliphatic carbocycles. The fourth-order valence-corrected chi connectivity index (χ4v) is 1.32. The van der Waals surface area contributed by atoms with Crippen LogP contribution in [0.1, 0.15) is 5.56 Å². The van der Waals surface area contributed by atoms with Crippen LogP contribution in [-0.2, 0) is 4.84 Å². The van der Waals surface area contributed by atoms with E-state index in [1.807, 2.05) is 24.3 Å². The van der Waals surface area contributed by atoms with Gasteiger partial charge in [0.2, 0.25) is 0 Å². The third-order valence-electron chi connectivity index (χ3n) is 2.04. The Labute approximate surface area is 93.3 Å². The van der Waals surface area contributed by atoms with E-state index in [9.17, 15) is 0 Å². The normalized spacial score (nSPS) is 10.8. The zero-order valence-electron chi connectivity index (χ0n) is 8.71. The lowest BCUT2D eigenvalue weighted by Crippen LogP contribution is -1.91. The molecule has 0 saturated carbocycles. The van der Waals surface area contributed by atoms with Crippen LogP contribution in [0.2, 0.25) is 0 Å². The van der Waals surface area contributed by atoms with Crippen molar-refractivity contribution in [3.63, 3.8) is 0 Å². The second kappa shape index (κ2) is 5.02. The smallest absolute Gasteiger partial charge is 0.135 e. The molecule has 0 N–H and O–H groups in total. The fourth-order valence-electron chi connectivity index (χ4n) is 1.32. The summed E-state index contributed by atoms with van der Waals surface area (Å²) in [5.74, 6) is 0. The lowest BCUT2D eigenvalue weighted by atomic mass is 10.1. The molecule has 4 nitrogen and oxygen atoms in total. The van der Waals surface area contributed by atoms with Gasteiger partial charge in [-0.25, -0.2) is 0 Å². The number of hydrogen-bond donors (Lipinski definition) is 0. The van der Waals surface area contributed by atoms with Gasteiger partial charge in [-0.2, -0.15) is 10.2 Å². The van der Waals surface area contributed by atoms with Crippen molar-refractivity contribution < 1.29 is 4.84 Å². The van der Waals surface area contributed by atoms with Gasteiger partial charge in [-0.05, 0) is 6.07 Å². The molecule has 2 aromatic rings. The molecule has 16 heavy (non-hydrogen) atoms. The molecule has 0 amide bonds. The molecule has 80 valence electrons. The van der Waals surface area contributed by atoms with E-state index in [4.69, 9.17) is 4.84 Å². The van der Waals surface area contributed by atoms with Crippen LogP contribution in [0, 0.1) is 0 Å². The highest BCUT2D eigenvalue weighted by molar-refractivity contribution is 5.97. The highest BCUT2D eigenvalue weighted by atomic mass is 16.6. The molecule has 0 bridgehead atoms. The summed E-state index contributed by atoms with van der Waals surface area (Å²) in [6, 6.07) is 7.75. The quantitative estimate of drug-likeness (QED) is 0.338. The average Bonchev–Trinajstić information content (AvgIpc) is 2.35. The summed E-state index contributed by atoms with van der Waals surface area (Å²) in [7, 11) is 0. The molecule has 0 saturated heterocycles. The van der Waals surface area contributed by atoms with Crippen LogP contribution in [0.25, 0.3) is 10.9 Å². The van der Waals surface area contributed by atoms with Crippen LogP contribution in [0.15, 0.2) is 48.3 Å². The standard InChI is InChI=1S/C12H11N3O/c1-2-7-16-14-9-10-8-13-15-12-6-4-3-5-11(10)12/h2-6,8-9H,1,7H2. The van der Waals surface area contributed by atoms with Crippen LogP contribution in [-0.4, -0.2) is 23.0 Å². The number of rotatable bonds is 4. The zero-order chi connectivity index (χ0) is 11.2. The zero-order valence-corrected chi connectivity index (χ0v) is 8.71. The molecule has 2 rings (SSSR count). The third kappa shape index (κ3) is 2.23. The number of aromatic nitrogens is 2. The third-order valence-corrected chi connectivity index (χ3v) is 2.04. The molecule has 0 aliphatic rings. The van der Waals surface area contributed by atoms with Gasteiger partial charge in [0, 0.05) is 10.9 Å². The molecule has 0 spiro atoms. The summed E-state index contributed by atoms with van der Waals surface area (Å²) >= 11 is 0. The van der Waals surface area contributed by atoms with Crippen molar-refractivity contribution in [1.29, 1.82) is 0 Å². The fraction of sp³-hybridized carbons (Fsp3) is 0.0833. The van der Waals surface area contributed by atoms with Crippen LogP contribution < -0.4 is 0 Å². The Morgan fingerprint density at radius 3 is 3.12 bits per heavy atom. The maximum atomic E-state index is 4.94. The summed E-state index contributed by atoms with van der Waals surface area (Å²) in [6.07, 6.45) is 4.92. The van der Waals surface area contributed by atoms with Gasteiger partial charge in [0.15, 0.2) is 0 Å². The Morgan fingerprint density at radius 1 is 1.38 bits per heavy atom. The van der Waals surface area contributed by atoms with Crippen LogP contribution in [0.5, 0.6) is 0 Å². The second-order valence-electron chi connectivity index (χ2n) is 3.14. The van der Waals surface area contributed by atoms with E-state index in [-0.39, 0.29) is 0 Å². The van der Waals surface area contributed by atoms with Gasteiger partial charge in [0.05, 0.1) is 17.9 Å². The van der Waals surface area contributed by atoms with Crippen molar-refractivity contribution in [3.8, 4) is 0 Å². The summed E-state index contributed by atoms with van der Waals surface area (Å²) in [5, 5.41) is 12.7. The molecular formula is C12H11N3O. The minimum absolute atomic E-state index is 0.396. The van der Waals surface area contributed by atoms with E-state index < -0.39 is 0 Å². The van der Waals surface area contributed by atoms with Gasteiger partial charge in [-0.15, -0.1) is 0 Å². The molecule has 0 fully saturated rings. The second-order valence-corrected chi connectivity index (χ2v) is 3.14. The van der Waals surface area contributed by atoms with E-state index in [1.165, 1.54) is 0 Å². The topological polar surface area (TPSA) is 47.4 Å². The summed E-state index contributed by atoms with van der Waals surface area (Å²) in [5.41, 5.74) is 1.73. The van der Waals surface area contributed by atoms with Crippen molar-refractivity contribution in [2.24, 2.45) is 5.16 Å². The number of hydrogen-bond acceptors (Lipinski definition) is 4. The van der Waals surface area contributed by atoms with Crippen molar-refractivity contribution in [2.75, 3.05) is 6.61 Å². The van der Waals surface area contributed by atoms with Crippen molar-refractivity contribution >= 4 is 17.1 Å². The Bertz CT molecular complexity index is 517. The Morgan fingerprint density at radius 2 is 2.25 bits per heavy atom. The van der Waals surface area contributed by atoms with E-state index in [1.54, 1.807) is 18.5 Å². The highest BCUT2D eigenvalue weighted by Gasteiger charge is 1.98. The molecule has 0 atom stereocenters. The number of oxime groups is 1. The Kier molecular flexibility index (Phi) is 3.23. The van der Waals surface area contributed by atoms with Gasteiger partial charge in [-0.1, -0.05) is 36.0 Å². The maximum Gasteiger partial charge on any atom is 0.135 e. The van der Waals surface area contributed by atoms with E-state index >= 15 is 0 Å². The lowest BCUT2D eigenvalue weighted by molar-refractivity contribution is 0.176. The molecule has 1 aromatic heterocycles. The molecule has 1 heterocycles. The van der Waals surface area contributed by atoms with Gasteiger partial charge in [0.25, 0.3) is 0 Å². The summed E-state index contributed by atoms with van der Waals surface area (Å²) < 4.78 is 0. The Balaban J connectivity index is 2.30. The largest absolute Gasteiger partial charge is 0.392 e. The minimum Gasteiger partial charge on any atom is -0.392 e. The molecule has 0 unspecified atom stereocenters. The average molecular weight is 213 g/mol. The van der Waals surface area contributed by atoms with Crippen molar-refractivity contribution in [2.45, 2.75) is 0 Å². The molecule has 0 aliphatic heterocycles. The Hall–Kier alpha value is -2.23. The predicted octanol–water partition coefficient (Wildman–Crippen LogP) is 2.17. The first kappa shape index (κ1) is 10.3. The van der Waals surface area contributed by atoms with Crippen molar-refractivity contribution in [3.05, 3.63) is 48.7 Å². The molecule has 0 radical (unpaired) electrons. The summed E-state index contributed by atoms with van der Waals surface area (Å²) in [6.45, 7) is 3.93. The number of nitrogens with zero attached hydrogens (tertiary/aromatic N) is 3. The van der Waals surface area contributed by atoms with Crippen LogP contribution in [0.4, 0.5) is 0 Å². The van der Waals surface area contributed by atoms with E-state index in [0.717, 1.165) is 16.5 Å². The first-order valence-electron chi connectivity index (χ1n) is 4.88. The van der Waals surface area contributed by atoms with Crippen LogP contribution in [0.3, 0.4) is 0 Å². The SMILES string of the molecule is C=CCON=Cc1cnnc2ccccc12. The number of benzene rings is 1. The summed E-state index contributed by atoms with van der Waals surface area (Å²) in [4.78, 5) is 4.94. The van der Waals surface area contributed by atoms with E-state index in [0.29, 0.717) is 6.61 Å². The first-order chi connectivity index (χ1) is 7.92. The molecule has 1 aromatic carbocycles. The van der Waals surface area contributed by atoms with Gasteiger partial charge in [0.1, 0.15) is 6.61 Å². The van der Waals surface area contributed by atoms with Gasteiger partial charge >= 0.3 is 0 Å². The van der Waals surface area contributed by atoms with Gasteiger partial charge in [-0.3, -0.25) is 0 Å². The van der Waals surface area contributed by atoms with E-state index in [2.05, 4.69) is 21.9 Å². The molecule has 4 heteroatoms. The monoisotopic (exact) mass is 213 g/mol. The molecular weight excluding hydrogens is 202 g/mol. The predicted molar refractivity (Wildman–Crippen MR) is 63.3 cm³/mol. The maximum absolute atomic E-state index is 4.94. The first-order valence-corrected chi connectivity index (χ1v) is 4.88. The van der Waals surface area contributed by atoms with Crippen molar-refractivity contribution in [1.82, 2.24) is 10.2 Å². The minimum atomic E-state index is 0.396. The van der Waals surface area contributed by atoms with Crippen LogP contribution >= 0.6 is 0 Å². The number of fused-ring (bicyclic) bond motifs is 1. The lowest BCUT2D eigenvalue weighted by Gasteiger charge is -1.98. The van der Waals surface area contributed by atoms with Gasteiger partial charge < -0.3 is 4.84 Å². The highest BCUT2D eigenvalue weighted by Crippen LogP contribution is 2.12.